The molecule has 1 aromatic heterocycles. The maximum Gasteiger partial charge on any atom is 0.427 e. The number of ketones is 1. The lowest BCUT2D eigenvalue weighted by Gasteiger charge is -2.33. The highest BCUT2D eigenvalue weighted by molar-refractivity contribution is 7.91. The number of hydrogen-bond donors (Lipinski definition) is 1. The molecule has 3 fully saturated rings. The van der Waals surface area contributed by atoms with Gasteiger partial charge in [-0.15, -0.1) is 0 Å². The van der Waals surface area contributed by atoms with E-state index in [1.54, 1.807) is 31.2 Å². The van der Waals surface area contributed by atoms with E-state index in [0.29, 0.717) is 24.6 Å². The van der Waals surface area contributed by atoms with Crippen LogP contribution in [0.15, 0.2) is 42.5 Å². The Bertz CT molecular complexity index is 2120. The number of nitrogens with one attached hydrogen (secondary N) is 1. The van der Waals surface area contributed by atoms with E-state index in [4.69, 9.17) is 14.2 Å². The second kappa shape index (κ2) is 16.9. The first-order valence-electron chi connectivity index (χ1n) is 20.7. The van der Waals surface area contributed by atoms with Gasteiger partial charge in [0.25, 0.3) is 0 Å². The van der Waals surface area contributed by atoms with E-state index in [1.807, 2.05) is 39.0 Å². The molecule has 1 aromatic carbocycles. The Balaban J connectivity index is 1.37. The molecule has 0 bridgehead atoms. The van der Waals surface area contributed by atoms with Crippen LogP contribution >= 0.6 is 0 Å². The summed E-state index contributed by atoms with van der Waals surface area (Å²) < 4.78 is 99.5. The van der Waals surface area contributed by atoms with Crippen LogP contribution in [0.25, 0.3) is 10.8 Å². The number of sulfonamides is 1. The smallest absolute Gasteiger partial charge is 0.427 e. The molecular weight excluding hydrogens is 811 g/mol. The maximum absolute atomic E-state index is 14.9. The topological polar surface area (TPSA) is 158 Å². The molecule has 6 rings (SSSR count). The zero-order valence-electron chi connectivity index (χ0n) is 34.8. The maximum atomic E-state index is 14.9. The zero-order chi connectivity index (χ0) is 44.0. The van der Waals surface area contributed by atoms with Gasteiger partial charge in [0.2, 0.25) is 39.2 Å². The SMILES string of the molecule is CC(C)Oc1cc2ccccc2c(O[C@@H]2C[C@H]3C(=O)C[C@]4(C(=O)NS(=O)(=O)C5(CF)CC5)C[C@H]4/C=C\CC[C@@H](C)C[C@@H](C)[C@H](CC(=O)OC(C)(C)C(F)(F)F)C(=O)N3C2)n1. The molecule has 3 heterocycles. The lowest BCUT2D eigenvalue weighted by atomic mass is 9.82. The number of benzene rings is 1. The number of fused-ring (bicyclic) bond motifs is 3. The van der Waals surface area contributed by atoms with Crippen molar-refractivity contribution in [2.75, 3.05) is 13.2 Å². The molecule has 0 unspecified atom stereocenters. The Morgan fingerprint density at radius 1 is 1.08 bits per heavy atom. The lowest BCUT2D eigenvalue weighted by Crippen LogP contribution is -2.49. The molecule has 2 amide bonds. The van der Waals surface area contributed by atoms with Crippen molar-refractivity contribution in [2.45, 2.75) is 134 Å². The van der Waals surface area contributed by atoms with Gasteiger partial charge in [0, 0.05) is 24.3 Å². The number of hydrogen-bond acceptors (Lipinski definition) is 10. The fraction of sp³-hybridized carbons (Fsp3) is 0.651. The molecule has 2 saturated carbocycles. The number of allylic oxidation sites excluding steroid dienone is 2. The van der Waals surface area contributed by atoms with Crippen LogP contribution < -0.4 is 14.2 Å². The van der Waals surface area contributed by atoms with Crippen molar-refractivity contribution >= 4 is 44.4 Å². The molecule has 60 heavy (non-hydrogen) atoms. The van der Waals surface area contributed by atoms with E-state index in [2.05, 4.69) is 9.71 Å². The summed E-state index contributed by atoms with van der Waals surface area (Å²) in [6.45, 7) is 7.47. The van der Waals surface area contributed by atoms with Gasteiger partial charge in [-0.3, -0.25) is 23.9 Å². The Morgan fingerprint density at radius 2 is 1.78 bits per heavy atom. The van der Waals surface area contributed by atoms with Crippen molar-refractivity contribution in [1.29, 1.82) is 0 Å². The van der Waals surface area contributed by atoms with E-state index < -0.39 is 105 Å². The normalized spacial score (nSPS) is 29.1. The van der Waals surface area contributed by atoms with Crippen LogP contribution in [0.5, 0.6) is 11.8 Å². The average Bonchev–Trinajstić information content (AvgIpc) is 4.05. The molecule has 0 radical (unpaired) electrons. The Morgan fingerprint density at radius 3 is 2.43 bits per heavy atom. The van der Waals surface area contributed by atoms with Crippen molar-refractivity contribution in [2.24, 2.45) is 29.1 Å². The standard InChI is InChI=1S/C43H55F4N3O9S/c1-25(2)57-35-18-28-12-8-10-14-31(28)37(48-35)58-30-19-33-34(51)22-42(39(54)49-60(55,56)41(24-44)15-16-41)21-29(42)13-9-7-11-26(3)17-27(4)32(38(53)50(33)23-30)20-36(52)59-40(5,6)43(45,46)47/h8-10,12-14,18,25-27,29-30,32-33H,7,11,15-17,19-24H2,1-6H3,(H,49,54)/b13-9-/t26-,27-,29-,30-,32+,33+,42-/m1/s1. The van der Waals surface area contributed by atoms with Crippen LogP contribution in [-0.2, 0) is 33.9 Å². The van der Waals surface area contributed by atoms with E-state index in [1.165, 1.54) is 4.90 Å². The number of rotatable bonds is 11. The third kappa shape index (κ3) is 9.45. The molecule has 1 N–H and O–H groups in total. The monoisotopic (exact) mass is 865 g/mol. The number of halogens is 4. The highest BCUT2D eigenvalue weighted by atomic mass is 32.2. The minimum atomic E-state index is -4.89. The number of Topliss-reactive ketones (excluding diaryl/α,β-unsaturated/α-hetero) is 1. The predicted molar refractivity (Wildman–Crippen MR) is 213 cm³/mol. The van der Waals surface area contributed by atoms with Crippen LogP contribution in [-0.4, -0.2) is 89.9 Å². The summed E-state index contributed by atoms with van der Waals surface area (Å²) in [5.74, 6) is -5.25. The van der Waals surface area contributed by atoms with Crippen LogP contribution in [0, 0.1) is 29.1 Å². The Labute approximate surface area is 348 Å². The van der Waals surface area contributed by atoms with Crippen molar-refractivity contribution in [3.63, 3.8) is 0 Å². The molecule has 2 aliphatic heterocycles. The molecule has 0 spiro atoms. The molecule has 1 saturated heterocycles. The van der Waals surface area contributed by atoms with Gasteiger partial charge in [0.15, 0.2) is 5.78 Å². The summed E-state index contributed by atoms with van der Waals surface area (Å²) in [7, 11) is -4.42. The van der Waals surface area contributed by atoms with Gasteiger partial charge < -0.3 is 19.1 Å². The number of aromatic nitrogens is 1. The van der Waals surface area contributed by atoms with E-state index in [0.717, 1.165) is 19.2 Å². The first-order valence-corrected chi connectivity index (χ1v) is 22.1. The number of carbonyl (C=O) groups excluding carboxylic acids is 4. The lowest BCUT2D eigenvalue weighted by molar-refractivity contribution is -0.257. The fourth-order valence-corrected chi connectivity index (χ4v) is 9.94. The van der Waals surface area contributed by atoms with Crippen LogP contribution in [0.4, 0.5) is 17.6 Å². The molecular formula is C43H55F4N3O9S. The molecule has 17 heteroatoms. The quantitative estimate of drug-likeness (QED) is 0.139. The highest BCUT2D eigenvalue weighted by Crippen LogP contribution is 2.58. The van der Waals surface area contributed by atoms with Crippen molar-refractivity contribution < 1.29 is 59.4 Å². The Kier molecular flexibility index (Phi) is 12.7. The Hall–Kier alpha value is -4.28. The average molecular weight is 866 g/mol. The first-order chi connectivity index (χ1) is 28.0. The second-order valence-corrected chi connectivity index (χ2v) is 20.2. The number of alkyl halides is 4. The summed E-state index contributed by atoms with van der Waals surface area (Å²) in [4.78, 5) is 62.8. The zero-order valence-corrected chi connectivity index (χ0v) is 35.7. The number of pyridine rings is 1. The number of amides is 2. The van der Waals surface area contributed by atoms with Crippen molar-refractivity contribution in [3.05, 3.63) is 42.5 Å². The van der Waals surface area contributed by atoms with E-state index in [9.17, 15) is 45.2 Å². The highest BCUT2D eigenvalue weighted by Gasteiger charge is 2.63. The van der Waals surface area contributed by atoms with Crippen LogP contribution in [0.2, 0.25) is 0 Å². The van der Waals surface area contributed by atoms with E-state index >= 15 is 0 Å². The number of carbonyl (C=O) groups is 4. The van der Waals surface area contributed by atoms with Gasteiger partial charge in [0.05, 0.1) is 36.4 Å². The molecule has 2 aromatic rings. The second-order valence-electron chi connectivity index (χ2n) is 18.1. The summed E-state index contributed by atoms with van der Waals surface area (Å²) in [6.07, 6.45) is -1.75. The molecule has 4 aliphatic rings. The van der Waals surface area contributed by atoms with E-state index in [-0.39, 0.29) is 56.0 Å². The van der Waals surface area contributed by atoms with Gasteiger partial charge in [-0.2, -0.15) is 18.2 Å². The fourth-order valence-electron chi connectivity index (χ4n) is 8.50. The number of ether oxygens (including phenoxy) is 3. The first kappa shape index (κ1) is 45.3. The summed E-state index contributed by atoms with van der Waals surface area (Å²) in [5.41, 5.74) is -4.34. The predicted octanol–water partition coefficient (Wildman–Crippen LogP) is 7.19. The van der Waals surface area contributed by atoms with Crippen molar-refractivity contribution in [3.8, 4) is 11.8 Å². The minimum absolute atomic E-state index is 0.0210. The molecule has 12 nitrogen and oxygen atoms in total. The molecule has 7 atom stereocenters. The van der Waals surface area contributed by atoms with Gasteiger partial charge >= 0.3 is 12.1 Å². The largest absolute Gasteiger partial charge is 0.475 e. The third-order valence-electron chi connectivity index (χ3n) is 12.6. The summed E-state index contributed by atoms with van der Waals surface area (Å²) >= 11 is 0. The number of esters is 1. The van der Waals surface area contributed by atoms with Gasteiger partial charge in [-0.1, -0.05) is 44.2 Å². The number of nitrogens with zero attached hydrogens (tertiary/aromatic N) is 2. The van der Waals surface area contributed by atoms with Gasteiger partial charge in [0.1, 0.15) is 17.5 Å². The van der Waals surface area contributed by atoms with Gasteiger partial charge in [-0.05, 0) is 95.4 Å². The summed E-state index contributed by atoms with van der Waals surface area (Å²) in [6, 6.07) is 7.78. The minimum Gasteiger partial charge on any atom is -0.475 e. The molecule has 330 valence electrons. The van der Waals surface area contributed by atoms with Crippen LogP contribution in [0.3, 0.4) is 0 Å². The third-order valence-corrected chi connectivity index (χ3v) is 14.7. The van der Waals surface area contributed by atoms with Gasteiger partial charge in [-0.25, -0.2) is 12.8 Å². The van der Waals surface area contributed by atoms with Crippen LogP contribution in [0.1, 0.15) is 99.3 Å². The molecule has 2 aliphatic carbocycles. The summed E-state index contributed by atoms with van der Waals surface area (Å²) in [5, 5.41) is 1.37. The van der Waals surface area contributed by atoms with Crippen molar-refractivity contribution in [1.82, 2.24) is 14.6 Å².